The Kier molecular flexibility index (Phi) is 5.20. The molecule has 0 aliphatic rings. The van der Waals surface area contributed by atoms with E-state index in [1.165, 1.54) is 17.1 Å². The molecule has 3 rings (SSSR count). The zero-order valence-electron chi connectivity index (χ0n) is 11.9. The molecule has 3 aromatic heterocycles. The van der Waals surface area contributed by atoms with Gasteiger partial charge in [-0.3, -0.25) is 4.98 Å². The standard InChI is InChI=1S/C9H7N3O2.C5H3F3N2/c13-9(14)8-7(3-1-4-10-8)12-6-2-5-11-12;6-5(7,8)4-3-9-1-2-10-4/h1-6H,(H,13,14);1-3H. The van der Waals surface area contributed by atoms with Gasteiger partial charge in [-0.05, 0) is 18.2 Å². The summed E-state index contributed by atoms with van der Waals surface area (Å²) in [5.74, 6) is -1.06. The quantitative estimate of drug-likeness (QED) is 0.772. The predicted octanol–water partition coefficient (Wildman–Crippen LogP) is 2.46. The number of hydrogen-bond donors (Lipinski definition) is 1. The summed E-state index contributed by atoms with van der Waals surface area (Å²) in [6.07, 6.45) is 3.19. The van der Waals surface area contributed by atoms with Crippen molar-refractivity contribution in [1.29, 1.82) is 0 Å². The minimum absolute atomic E-state index is 0.00352. The van der Waals surface area contributed by atoms with Crippen molar-refractivity contribution < 1.29 is 23.1 Å². The number of hydrogen-bond acceptors (Lipinski definition) is 5. The molecule has 0 bridgehead atoms. The first kappa shape index (κ1) is 17.1. The minimum atomic E-state index is -4.38. The maximum atomic E-state index is 11.7. The molecule has 3 aromatic rings. The SMILES string of the molecule is FC(F)(F)c1cnccn1.O=C(O)c1ncccc1-n1cccn1. The average molecular weight is 337 g/mol. The zero-order valence-corrected chi connectivity index (χ0v) is 11.9. The molecule has 0 aliphatic carbocycles. The van der Waals surface area contributed by atoms with Crippen LogP contribution in [-0.4, -0.2) is 35.8 Å². The van der Waals surface area contributed by atoms with Crippen LogP contribution in [0.5, 0.6) is 0 Å². The van der Waals surface area contributed by atoms with Gasteiger partial charge in [-0.1, -0.05) is 0 Å². The molecule has 7 nitrogen and oxygen atoms in total. The van der Waals surface area contributed by atoms with Crippen LogP contribution in [0.2, 0.25) is 0 Å². The molecule has 10 heteroatoms. The molecule has 1 N–H and O–H groups in total. The minimum Gasteiger partial charge on any atom is -0.476 e. The first-order chi connectivity index (χ1) is 11.4. The number of carboxylic acid groups (broad SMARTS) is 1. The fraction of sp³-hybridized carbons (Fsp3) is 0.0714. The van der Waals surface area contributed by atoms with E-state index in [4.69, 9.17) is 5.11 Å². The van der Waals surface area contributed by atoms with Crippen molar-refractivity contribution >= 4 is 5.97 Å². The Bertz CT molecular complexity index is 792. The van der Waals surface area contributed by atoms with Crippen molar-refractivity contribution in [2.24, 2.45) is 0 Å². The van der Waals surface area contributed by atoms with Crippen LogP contribution in [0.4, 0.5) is 13.2 Å². The molecule has 0 amide bonds. The summed E-state index contributed by atoms with van der Waals surface area (Å²) in [6.45, 7) is 0. The van der Waals surface area contributed by atoms with Crippen molar-refractivity contribution in [3.63, 3.8) is 0 Å². The van der Waals surface area contributed by atoms with Crippen LogP contribution in [0.1, 0.15) is 16.2 Å². The Morgan fingerprint density at radius 3 is 2.38 bits per heavy atom. The van der Waals surface area contributed by atoms with Gasteiger partial charge in [0.05, 0.1) is 11.9 Å². The highest BCUT2D eigenvalue weighted by atomic mass is 19.4. The topological polar surface area (TPSA) is 93.8 Å². The molecule has 0 atom stereocenters. The number of nitrogens with zero attached hydrogens (tertiary/aromatic N) is 5. The molecule has 0 spiro atoms. The van der Waals surface area contributed by atoms with E-state index in [0.29, 0.717) is 11.9 Å². The van der Waals surface area contributed by atoms with E-state index in [-0.39, 0.29) is 5.69 Å². The molecule has 0 unspecified atom stereocenters. The molecule has 0 radical (unpaired) electrons. The third-order valence-electron chi connectivity index (χ3n) is 2.59. The Morgan fingerprint density at radius 1 is 1.08 bits per heavy atom. The van der Waals surface area contributed by atoms with Crippen LogP contribution in [0.15, 0.2) is 55.4 Å². The lowest BCUT2D eigenvalue weighted by molar-refractivity contribution is -0.141. The summed E-state index contributed by atoms with van der Waals surface area (Å²) in [4.78, 5) is 20.9. The number of carboxylic acids is 1. The van der Waals surface area contributed by atoms with Crippen molar-refractivity contribution in [3.05, 3.63) is 66.8 Å². The Morgan fingerprint density at radius 2 is 1.88 bits per heavy atom. The monoisotopic (exact) mass is 337 g/mol. The second-order valence-corrected chi connectivity index (χ2v) is 4.22. The normalized spacial score (nSPS) is 10.6. The zero-order chi connectivity index (χ0) is 17.6. The lowest BCUT2D eigenvalue weighted by Crippen LogP contribution is -2.07. The van der Waals surface area contributed by atoms with Gasteiger partial charge in [0, 0.05) is 31.0 Å². The second kappa shape index (κ2) is 7.31. The van der Waals surface area contributed by atoms with Gasteiger partial charge in [-0.25, -0.2) is 19.4 Å². The van der Waals surface area contributed by atoms with Gasteiger partial charge in [-0.2, -0.15) is 18.3 Å². The first-order valence-electron chi connectivity index (χ1n) is 6.41. The molecule has 0 aromatic carbocycles. The largest absolute Gasteiger partial charge is 0.476 e. The Hall–Kier alpha value is -3.30. The molecule has 0 saturated carbocycles. The number of aromatic carboxylic acids is 1. The van der Waals surface area contributed by atoms with Crippen molar-refractivity contribution in [2.45, 2.75) is 6.18 Å². The van der Waals surface area contributed by atoms with Gasteiger partial charge in [0.15, 0.2) is 11.4 Å². The predicted molar refractivity (Wildman–Crippen MR) is 75.4 cm³/mol. The van der Waals surface area contributed by atoms with Gasteiger partial charge in [0.25, 0.3) is 0 Å². The summed E-state index contributed by atoms with van der Waals surface area (Å²) in [5.41, 5.74) is -0.504. The first-order valence-corrected chi connectivity index (χ1v) is 6.41. The van der Waals surface area contributed by atoms with Crippen molar-refractivity contribution in [3.8, 4) is 5.69 Å². The van der Waals surface area contributed by atoms with Crippen LogP contribution < -0.4 is 0 Å². The van der Waals surface area contributed by atoms with Gasteiger partial charge >= 0.3 is 12.1 Å². The van der Waals surface area contributed by atoms with Gasteiger partial charge in [-0.15, -0.1) is 0 Å². The van der Waals surface area contributed by atoms with Crippen LogP contribution in [-0.2, 0) is 6.18 Å². The van der Waals surface area contributed by atoms with E-state index in [1.54, 1.807) is 30.6 Å². The van der Waals surface area contributed by atoms with Crippen LogP contribution in [0.25, 0.3) is 5.69 Å². The number of carbonyl (C=O) groups is 1. The highest BCUT2D eigenvalue weighted by Gasteiger charge is 2.32. The van der Waals surface area contributed by atoms with E-state index in [1.807, 2.05) is 0 Å². The highest BCUT2D eigenvalue weighted by molar-refractivity contribution is 5.89. The third-order valence-corrected chi connectivity index (χ3v) is 2.59. The second-order valence-electron chi connectivity index (χ2n) is 4.22. The van der Waals surface area contributed by atoms with E-state index in [2.05, 4.69) is 20.1 Å². The maximum absolute atomic E-state index is 11.7. The van der Waals surface area contributed by atoms with Gasteiger partial charge in [0.2, 0.25) is 0 Å². The van der Waals surface area contributed by atoms with Crippen LogP contribution >= 0.6 is 0 Å². The number of halogens is 3. The number of pyridine rings is 1. The van der Waals surface area contributed by atoms with E-state index >= 15 is 0 Å². The summed E-state index contributed by atoms with van der Waals surface area (Å²) in [7, 11) is 0. The van der Waals surface area contributed by atoms with Gasteiger partial charge < -0.3 is 5.11 Å². The highest BCUT2D eigenvalue weighted by Crippen LogP contribution is 2.25. The van der Waals surface area contributed by atoms with E-state index in [9.17, 15) is 18.0 Å². The Balaban J connectivity index is 0.000000185. The smallest absolute Gasteiger partial charge is 0.434 e. The summed E-state index contributed by atoms with van der Waals surface area (Å²) in [5, 5.41) is 12.8. The van der Waals surface area contributed by atoms with Crippen molar-refractivity contribution in [1.82, 2.24) is 24.7 Å². The fourth-order valence-corrected chi connectivity index (χ4v) is 1.60. The number of alkyl halides is 3. The Labute approximate surface area is 133 Å². The number of rotatable bonds is 2. The van der Waals surface area contributed by atoms with Crippen LogP contribution in [0, 0.1) is 0 Å². The molecule has 3 heterocycles. The molecular weight excluding hydrogens is 327 g/mol. The maximum Gasteiger partial charge on any atom is 0.434 e. The summed E-state index contributed by atoms with van der Waals surface area (Å²) < 4.78 is 36.5. The number of aromatic nitrogens is 5. The van der Waals surface area contributed by atoms with E-state index < -0.39 is 17.8 Å². The molecule has 124 valence electrons. The molecule has 0 saturated heterocycles. The van der Waals surface area contributed by atoms with E-state index in [0.717, 1.165) is 6.20 Å². The third kappa shape index (κ3) is 4.35. The summed E-state index contributed by atoms with van der Waals surface area (Å²) in [6, 6.07) is 5.05. The molecule has 0 fully saturated rings. The molecular formula is C14H10F3N5O2. The lowest BCUT2D eigenvalue weighted by Gasteiger charge is -2.03. The molecule has 0 aliphatic heterocycles. The molecule has 24 heavy (non-hydrogen) atoms. The van der Waals surface area contributed by atoms with Crippen molar-refractivity contribution in [2.75, 3.05) is 0 Å². The van der Waals surface area contributed by atoms with Gasteiger partial charge in [0.1, 0.15) is 0 Å². The summed E-state index contributed by atoms with van der Waals surface area (Å²) >= 11 is 0. The lowest BCUT2D eigenvalue weighted by atomic mass is 10.3. The average Bonchev–Trinajstić information content (AvgIpc) is 3.10. The fourth-order valence-electron chi connectivity index (χ4n) is 1.60. The van der Waals surface area contributed by atoms with Crippen LogP contribution in [0.3, 0.4) is 0 Å².